The van der Waals surface area contributed by atoms with E-state index in [9.17, 15) is 4.79 Å². The largest absolute Gasteiger partial charge is 0.491 e. The first kappa shape index (κ1) is 17.2. The molecule has 0 aliphatic heterocycles. The van der Waals surface area contributed by atoms with Crippen molar-refractivity contribution in [2.45, 2.75) is 33.0 Å². The molecule has 0 unspecified atom stereocenters. The predicted octanol–water partition coefficient (Wildman–Crippen LogP) is 4.13. The first-order valence-electron chi connectivity index (χ1n) is 7.55. The summed E-state index contributed by atoms with van der Waals surface area (Å²) in [6.45, 7) is 4.78. The van der Waals surface area contributed by atoms with Gasteiger partial charge in [0.25, 0.3) is 0 Å². The van der Waals surface area contributed by atoms with Gasteiger partial charge in [0.15, 0.2) is 0 Å². The second kappa shape index (κ2) is 8.44. The topological polar surface area (TPSA) is 50.4 Å². The van der Waals surface area contributed by atoms with Crippen LogP contribution in [0.2, 0.25) is 5.02 Å². The molecule has 2 amide bonds. The number of carbonyl (C=O) groups is 1. The van der Waals surface area contributed by atoms with Crippen molar-refractivity contribution >= 4 is 17.6 Å². The Morgan fingerprint density at radius 3 is 2.57 bits per heavy atom. The normalized spacial score (nSPS) is 10.4. The second-order valence-corrected chi connectivity index (χ2v) is 5.85. The number of nitrogens with one attached hydrogen (secondary N) is 2. The Bertz CT molecular complexity index is 659. The van der Waals surface area contributed by atoms with E-state index >= 15 is 0 Å². The minimum Gasteiger partial charge on any atom is -0.491 e. The molecule has 23 heavy (non-hydrogen) atoms. The number of hydrogen-bond donors (Lipinski definition) is 2. The quantitative estimate of drug-likeness (QED) is 0.835. The summed E-state index contributed by atoms with van der Waals surface area (Å²) in [4.78, 5) is 11.9. The molecule has 0 heterocycles. The van der Waals surface area contributed by atoms with Crippen LogP contribution in [0.25, 0.3) is 0 Å². The molecule has 122 valence electrons. The highest BCUT2D eigenvalue weighted by Gasteiger charge is 2.04. The van der Waals surface area contributed by atoms with Gasteiger partial charge in [0.05, 0.1) is 6.10 Å². The Morgan fingerprint density at radius 2 is 1.83 bits per heavy atom. The zero-order valence-electron chi connectivity index (χ0n) is 13.3. The smallest absolute Gasteiger partial charge is 0.315 e. The van der Waals surface area contributed by atoms with E-state index in [-0.39, 0.29) is 12.1 Å². The molecule has 2 aromatic rings. The lowest BCUT2D eigenvalue weighted by Crippen LogP contribution is -2.34. The Hall–Kier alpha value is -2.20. The van der Waals surface area contributed by atoms with Gasteiger partial charge in [-0.15, -0.1) is 0 Å². The van der Waals surface area contributed by atoms with Crippen LogP contribution in [-0.4, -0.2) is 12.1 Å². The van der Waals surface area contributed by atoms with Gasteiger partial charge < -0.3 is 15.4 Å². The molecule has 0 saturated heterocycles. The highest BCUT2D eigenvalue weighted by molar-refractivity contribution is 6.31. The van der Waals surface area contributed by atoms with Crippen LogP contribution in [0, 0.1) is 0 Å². The van der Waals surface area contributed by atoms with E-state index in [4.69, 9.17) is 16.3 Å². The first-order chi connectivity index (χ1) is 11.0. The standard InChI is InChI=1S/C18H21ClN2O2/c1-13(2)23-16-8-5-6-14(10-16)11-20-18(22)21-12-15-7-3-4-9-17(15)19/h3-10,13H,11-12H2,1-2H3,(H2,20,21,22). The van der Waals surface area contributed by atoms with Crippen molar-refractivity contribution in [3.63, 3.8) is 0 Å². The molecule has 2 aromatic carbocycles. The lowest BCUT2D eigenvalue weighted by atomic mass is 10.2. The molecule has 2 N–H and O–H groups in total. The van der Waals surface area contributed by atoms with E-state index in [1.165, 1.54) is 0 Å². The lowest BCUT2D eigenvalue weighted by Gasteiger charge is -2.12. The molecule has 0 aliphatic rings. The second-order valence-electron chi connectivity index (χ2n) is 5.44. The average molecular weight is 333 g/mol. The zero-order chi connectivity index (χ0) is 16.7. The number of ether oxygens (including phenoxy) is 1. The van der Waals surface area contributed by atoms with Crippen molar-refractivity contribution in [2.24, 2.45) is 0 Å². The Labute approximate surface area is 141 Å². The molecule has 2 rings (SSSR count). The van der Waals surface area contributed by atoms with Crippen molar-refractivity contribution in [3.05, 3.63) is 64.7 Å². The van der Waals surface area contributed by atoms with Gasteiger partial charge in [-0.2, -0.15) is 0 Å². The zero-order valence-corrected chi connectivity index (χ0v) is 14.1. The molecule has 0 spiro atoms. The van der Waals surface area contributed by atoms with Crippen molar-refractivity contribution in [3.8, 4) is 5.75 Å². The number of amides is 2. The van der Waals surface area contributed by atoms with Crippen molar-refractivity contribution in [2.75, 3.05) is 0 Å². The number of urea groups is 1. The minimum atomic E-state index is -0.236. The van der Waals surface area contributed by atoms with Gasteiger partial charge in [-0.3, -0.25) is 0 Å². The van der Waals surface area contributed by atoms with Gasteiger partial charge in [-0.1, -0.05) is 41.9 Å². The SMILES string of the molecule is CC(C)Oc1cccc(CNC(=O)NCc2ccccc2Cl)c1. The van der Waals surface area contributed by atoms with Crippen LogP contribution in [0.1, 0.15) is 25.0 Å². The third-order valence-electron chi connectivity index (χ3n) is 3.12. The summed E-state index contributed by atoms with van der Waals surface area (Å²) in [5, 5.41) is 6.26. The monoisotopic (exact) mass is 332 g/mol. The van der Waals surface area contributed by atoms with Crippen LogP contribution >= 0.6 is 11.6 Å². The fourth-order valence-electron chi connectivity index (χ4n) is 2.06. The highest BCUT2D eigenvalue weighted by Crippen LogP contribution is 2.15. The fraction of sp³-hybridized carbons (Fsp3) is 0.278. The summed E-state index contributed by atoms with van der Waals surface area (Å²) in [5.41, 5.74) is 1.87. The van der Waals surface area contributed by atoms with E-state index in [1.54, 1.807) is 6.07 Å². The van der Waals surface area contributed by atoms with Crippen LogP contribution in [0.4, 0.5) is 4.79 Å². The molecular formula is C18H21ClN2O2. The van der Waals surface area contributed by atoms with E-state index in [1.807, 2.05) is 56.3 Å². The molecule has 5 heteroatoms. The van der Waals surface area contributed by atoms with E-state index < -0.39 is 0 Å². The van der Waals surface area contributed by atoms with Gasteiger partial charge in [0, 0.05) is 18.1 Å². The molecule has 0 saturated carbocycles. The van der Waals surface area contributed by atoms with Crippen LogP contribution in [-0.2, 0) is 13.1 Å². The number of carbonyl (C=O) groups excluding carboxylic acids is 1. The number of halogens is 1. The van der Waals surface area contributed by atoms with Gasteiger partial charge in [0.2, 0.25) is 0 Å². The Balaban J connectivity index is 1.81. The maximum Gasteiger partial charge on any atom is 0.315 e. The van der Waals surface area contributed by atoms with Crippen LogP contribution in [0.5, 0.6) is 5.75 Å². The van der Waals surface area contributed by atoms with Crippen molar-refractivity contribution < 1.29 is 9.53 Å². The highest BCUT2D eigenvalue weighted by atomic mass is 35.5. The summed E-state index contributed by atoms with van der Waals surface area (Å²) in [6.07, 6.45) is 0.122. The number of hydrogen-bond acceptors (Lipinski definition) is 2. The van der Waals surface area contributed by atoms with Crippen molar-refractivity contribution in [1.29, 1.82) is 0 Å². The molecule has 0 fully saturated rings. The van der Waals surface area contributed by atoms with E-state index in [0.29, 0.717) is 18.1 Å². The Kier molecular flexibility index (Phi) is 6.29. The molecule has 4 nitrogen and oxygen atoms in total. The molecule has 0 atom stereocenters. The van der Waals surface area contributed by atoms with Gasteiger partial charge in [-0.05, 0) is 43.2 Å². The van der Waals surface area contributed by atoms with Crippen LogP contribution < -0.4 is 15.4 Å². The summed E-state index contributed by atoms with van der Waals surface area (Å²) < 4.78 is 5.64. The fourth-order valence-corrected chi connectivity index (χ4v) is 2.27. The summed E-state index contributed by atoms with van der Waals surface area (Å²) in [5.74, 6) is 0.802. The van der Waals surface area contributed by atoms with Gasteiger partial charge in [-0.25, -0.2) is 4.79 Å². The van der Waals surface area contributed by atoms with Crippen LogP contribution in [0.3, 0.4) is 0 Å². The molecular weight excluding hydrogens is 312 g/mol. The maximum atomic E-state index is 11.9. The first-order valence-corrected chi connectivity index (χ1v) is 7.93. The van der Waals surface area contributed by atoms with E-state index in [0.717, 1.165) is 16.9 Å². The maximum absolute atomic E-state index is 11.9. The Morgan fingerprint density at radius 1 is 1.09 bits per heavy atom. The molecule has 0 radical (unpaired) electrons. The summed E-state index contributed by atoms with van der Waals surface area (Å²) in [6, 6.07) is 14.9. The van der Waals surface area contributed by atoms with Gasteiger partial charge >= 0.3 is 6.03 Å². The average Bonchev–Trinajstić information content (AvgIpc) is 2.52. The molecule has 0 aromatic heterocycles. The lowest BCUT2D eigenvalue weighted by molar-refractivity contribution is 0.239. The van der Waals surface area contributed by atoms with Gasteiger partial charge in [0.1, 0.15) is 5.75 Å². The number of benzene rings is 2. The molecule has 0 aliphatic carbocycles. The minimum absolute atomic E-state index is 0.122. The number of rotatable bonds is 6. The summed E-state index contributed by atoms with van der Waals surface area (Å²) >= 11 is 6.05. The van der Waals surface area contributed by atoms with E-state index in [2.05, 4.69) is 10.6 Å². The summed E-state index contributed by atoms with van der Waals surface area (Å²) in [7, 11) is 0. The van der Waals surface area contributed by atoms with Crippen molar-refractivity contribution in [1.82, 2.24) is 10.6 Å². The third-order valence-corrected chi connectivity index (χ3v) is 3.49. The third kappa shape index (κ3) is 5.83. The predicted molar refractivity (Wildman–Crippen MR) is 92.7 cm³/mol. The molecule has 0 bridgehead atoms. The van der Waals surface area contributed by atoms with Crippen LogP contribution in [0.15, 0.2) is 48.5 Å².